The van der Waals surface area contributed by atoms with Crippen LogP contribution in [0.1, 0.15) is 5.56 Å². The Morgan fingerprint density at radius 3 is 2.30 bits per heavy atom. The lowest BCUT2D eigenvalue weighted by Crippen LogP contribution is -2.28. The van der Waals surface area contributed by atoms with E-state index in [9.17, 15) is 9.59 Å². The Hall–Kier alpha value is -2.12. The highest BCUT2D eigenvalue weighted by Gasteiger charge is 2.11. The van der Waals surface area contributed by atoms with E-state index in [0.29, 0.717) is 12.2 Å². The van der Waals surface area contributed by atoms with E-state index >= 15 is 0 Å². The summed E-state index contributed by atoms with van der Waals surface area (Å²) in [6, 6.07) is 15.3. The second-order valence-corrected chi connectivity index (χ2v) is 7.73. The van der Waals surface area contributed by atoms with E-state index in [1.807, 2.05) is 18.4 Å². The molecular formula is C20H24N2O3S2. The Morgan fingerprint density at radius 1 is 1.04 bits per heavy atom. The van der Waals surface area contributed by atoms with Crippen LogP contribution in [0.2, 0.25) is 0 Å². The van der Waals surface area contributed by atoms with Crippen molar-refractivity contribution in [1.29, 1.82) is 0 Å². The Bertz CT molecular complexity index is 749. The first kappa shape index (κ1) is 21.2. The van der Waals surface area contributed by atoms with Crippen molar-refractivity contribution in [1.82, 2.24) is 4.90 Å². The third-order valence-electron chi connectivity index (χ3n) is 3.84. The fourth-order valence-electron chi connectivity index (χ4n) is 2.31. The van der Waals surface area contributed by atoms with Crippen molar-refractivity contribution in [2.75, 3.05) is 37.2 Å². The summed E-state index contributed by atoms with van der Waals surface area (Å²) in [5, 5.41) is 2.80. The quantitative estimate of drug-likeness (QED) is 0.645. The normalized spacial score (nSPS) is 10.3. The van der Waals surface area contributed by atoms with Gasteiger partial charge in [-0.25, -0.2) is 0 Å². The number of thioether (sulfide) groups is 2. The van der Waals surface area contributed by atoms with Gasteiger partial charge < -0.3 is 15.0 Å². The predicted octanol–water partition coefficient (Wildman–Crippen LogP) is 3.75. The second kappa shape index (κ2) is 10.9. The molecule has 5 nitrogen and oxygen atoms in total. The SMILES string of the molecule is COc1ccc(NC(=O)CSCC(=O)N(C)Cc2ccc(SC)cc2)cc1. The Balaban J connectivity index is 1.71. The molecule has 0 aromatic heterocycles. The highest BCUT2D eigenvalue weighted by atomic mass is 32.2. The summed E-state index contributed by atoms with van der Waals surface area (Å²) in [5.41, 5.74) is 1.80. The summed E-state index contributed by atoms with van der Waals surface area (Å²) in [6.45, 7) is 0.562. The first-order valence-corrected chi connectivity index (χ1v) is 10.8. The molecule has 2 aromatic rings. The van der Waals surface area contributed by atoms with E-state index in [1.54, 1.807) is 55.1 Å². The van der Waals surface area contributed by atoms with E-state index in [-0.39, 0.29) is 23.3 Å². The lowest BCUT2D eigenvalue weighted by molar-refractivity contribution is -0.127. The zero-order valence-corrected chi connectivity index (χ0v) is 17.4. The van der Waals surface area contributed by atoms with Crippen LogP contribution in [0.15, 0.2) is 53.4 Å². The van der Waals surface area contributed by atoms with Crippen LogP contribution < -0.4 is 10.1 Å². The maximum absolute atomic E-state index is 12.2. The van der Waals surface area contributed by atoms with Crippen molar-refractivity contribution >= 4 is 41.0 Å². The second-order valence-electron chi connectivity index (χ2n) is 5.87. The summed E-state index contributed by atoms with van der Waals surface area (Å²) >= 11 is 3.00. The van der Waals surface area contributed by atoms with Crippen LogP contribution in [-0.4, -0.2) is 48.6 Å². The molecule has 0 unspecified atom stereocenters. The molecule has 1 N–H and O–H groups in total. The van der Waals surface area contributed by atoms with Gasteiger partial charge in [0, 0.05) is 24.2 Å². The van der Waals surface area contributed by atoms with Crippen LogP contribution in [0.4, 0.5) is 5.69 Å². The zero-order chi connectivity index (χ0) is 19.6. The number of nitrogens with zero attached hydrogens (tertiary/aromatic N) is 1. The molecule has 0 heterocycles. The van der Waals surface area contributed by atoms with Gasteiger partial charge in [-0.3, -0.25) is 9.59 Å². The number of nitrogens with one attached hydrogen (secondary N) is 1. The summed E-state index contributed by atoms with van der Waals surface area (Å²) in [7, 11) is 3.38. The van der Waals surface area contributed by atoms with Crippen molar-refractivity contribution in [3.63, 3.8) is 0 Å². The van der Waals surface area contributed by atoms with Gasteiger partial charge in [0.2, 0.25) is 11.8 Å². The Kier molecular flexibility index (Phi) is 8.54. The summed E-state index contributed by atoms with van der Waals surface area (Å²) in [4.78, 5) is 27.1. The molecule has 2 rings (SSSR count). The van der Waals surface area contributed by atoms with Gasteiger partial charge in [0.25, 0.3) is 0 Å². The number of carbonyl (C=O) groups excluding carboxylic acids is 2. The third kappa shape index (κ3) is 7.19. The largest absolute Gasteiger partial charge is 0.497 e. The van der Waals surface area contributed by atoms with Crippen LogP contribution in [0, 0.1) is 0 Å². The number of anilines is 1. The smallest absolute Gasteiger partial charge is 0.234 e. The molecule has 27 heavy (non-hydrogen) atoms. The molecule has 0 spiro atoms. The Morgan fingerprint density at radius 2 is 1.70 bits per heavy atom. The molecule has 0 atom stereocenters. The van der Waals surface area contributed by atoms with Crippen molar-refractivity contribution in [3.8, 4) is 5.75 Å². The predicted molar refractivity (Wildman–Crippen MR) is 114 cm³/mol. The zero-order valence-electron chi connectivity index (χ0n) is 15.7. The van der Waals surface area contributed by atoms with Gasteiger partial charge in [0.1, 0.15) is 5.75 Å². The molecule has 0 saturated carbocycles. The van der Waals surface area contributed by atoms with Crippen molar-refractivity contribution in [2.45, 2.75) is 11.4 Å². The fourth-order valence-corrected chi connectivity index (χ4v) is 3.47. The van der Waals surface area contributed by atoms with Crippen molar-refractivity contribution in [3.05, 3.63) is 54.1 Å². The van der Waals surface area contributed by atoms with Gasteiger partial charge in [-0.2, -0.15) is 0 Å². The molecule has 0 radical (unpaired) electrons. The summed E-state index contributed by atoms with van der Waals surface area (Å²) < 4.78 is 5.08. The topological polar surface area (TPSA) is 58.6 Å². The molecule has 2 amide bonds. The van der Waals surface area contributed by atoms with Crippen LogP contribution in [0.3, 0.4) is 0 Å². The average molecular weight is 405 g/mol. The monoisotopic (exact) mass is 404 g/mol. The highest BCUT2D eigenvalue weighted by molar-refractivity contribution is 8.00. The molecular weight excluding hydrogens is 380 g/mol. The summed E-state index contributed by atoms with van der Waals surface area (Å²) in [6.07, 6.45) is 2.03. The number of hydrogen-bond acceptors (Lipinski definition) is 5. The number of hydrogen-bond donors (Lipinski definition) is 1. The van der Waals surface area contributed by atoms with E-state index in [2.05, 4.69) is 17.4 Å². The highest BCUT2D eigenvalue weighted by Crippen LogP contribution is 2.17. The number of carbonyl (C=O) groups is 2. The number of amides is 2. The lowest BCUT2D eigenvalue weighted by atomic mass is 10.2. The molecule has 0 saturated heterocycles. The maximum atomic E-state index is 12.2. The van der Waals surface area contributed by atoms with Crippen molar-refractivity contribution in [2.24, 2.45) is 0 Å². The van der Waals surface area contributed by atoms with Crippen molar-refractivity contribution < 1.29 is 14.3 Å². The molecule has 0 aliphatic rings. The molecule has 0 aliphatic carbocycles. The number of benzene rings is 2. The molecule has 7 heteroatoms. The maximum Gasteiger partial charge on any atom is 0.234 e. The number of methoxy groups -OCH3 is 1. The van der Waals surface area contributed by atoms with Gasteiger partial charge in [0.05, 0.1) is 18.6 Å². The number of rotatable bonds is 9. The molecule has 0 fully saturated rings. The van der Waals surface area contributed by atoms with Gasteiger partial charge in [-0.05, 0) is 48.2 Å². The fraction of sp³-hybridized carbons (Fsp3) is 0.300. The van der Waals surface area contributed by atoms with Crippen LogP contribution in [0.5, 0.6) is 5.75 Å². The van der Waals surface area contributed by atoms with Crippen LogP contribution in [-0.2, 0) is 16.1 Å². The van der Waals surface area contributed by atoms with Crippen LogP contribution >= 0.6 is 23.5 Å². The van der Waals surface area contributed by atoms with Gasteiger partial charge >= 0.3 is 0 Å². The molecule has 2 aromatic carbocycles. The number of ether oxygens (including phenoxy) is 1. The van der Waals surface area contributed by atoms with Gasteiger partial charge in [-0.1, -0.05) is 12.1 Å². The minimum Gasteiger partial charge on any atom is -0.497 e. The van der Waals surface area contributed by atoms with Gasteiger partial charge in [0.15, 0.2) is 0 Å². The summed E-state index contributed by atoms with van der Waals surface area (Å²) in [5.74, 6) is 1.11. The van der Waals surface area contributed by atoms with E-state index < -0.39 is 0 Å². The minimum atomic E-state index is -0.131. The first-order chi connectivity index (χ1) is 13.0. The lowest BCUT2D eigenvalue weighted by Gasteiger charge is -2.17. The van der Waals surface area contributed by atoms with Crippen LogP contribution in [0.25, 0.3) is 0 Å². The standard InChI is InChI=1S/C20H24N2O3S2/c1-22(12-15-4-10-18(26-3)11-5-15)20(24)14-27-13-19(23)21-16-6-8-17(25-2)9-7-16/h4-11H,12-14H2,1-3H3,(H,21,23). The average Bonchev–Trinajstić information content (AvgIpc) is 2.69. The first-order valence-electron chi connectivity index (χ1n) is 8.40. The van der Waals surface area contributed by atoms with Gasteiger partial charge in [-0.15, -0.1) is 23.5 Å². The van der Waals surface area contributed by atoms with E-state index in [0.717, 1.165) is 11.3 Å². The molecule has 0 aliphatic heterocycles. The molecule has 144 valence electrons. The van der Waals surface area contributed by atoms with E-state index in [4.69, 9.17) is 4.74 Å². The van der Waals surface area contributed by atoms with E-state index in [1.165, 1.54) is 16.7 Å². The minimum absolute atomic E-state index is 0.00573. The molecule has 0 bridgehead atoms. The third-order valence-corrected chi connectivity index (χ3v) is 5.50. The Labute approximate surface area is 168 Å².